The molecule has 0 N–H and O–H groups in total. The molecule has 12 rings (SSSR count). The van der Waals surface area contributed by atoms with Crippen LogP contribution in [0.2, 0.25) is 0 Å². The summed E-state index contributed by atoms with van der Waals surface area (Å²) in [7, 11) is 0. The fraction of sp³-hybridized carbons (Fsp3) is 0. The van der Waals surface area contributed by atoms with Gasteiger partial charge in [-0.1, -0.05) is 181 Å². The van der Waals surface area contributed by atoms with Crippen molar-refractivity contribution in [3.05, 3.63) is 242 Å². The van der Waals surface area contributed by atoms with Gasteiger partial charge in [0.1, 0.15) is 0 Å². The Labute approximate surface area is 427 Å². The van der Waals surface area contributed by atoms with Crippen LogP contribution in [0.25, 0.3) is 92.2 Å². The molecule has 63 heavy (non-hydrogen) atoms. The van der Waals surface area contributed by atoms with Crippen molar-refractivity contribution in [2.45, 2.75) is 0 Å². The Morgan fingerprint density at radius 3 is 1.57 bits per heavy atom. The molecule has 0 radical (unpaired) electrons. The summed E-state index contributed by atoms with van der Waals surface area (Å²) in [5.41, 5.74) is -16.1. The first-order valence-electron chi connectivity index (χ1n) is 38.2. The van der Waals surface area contributed by atoms with E-state index in [2.05, 4.69) is 0 Å². The number of benzene rings is 10. The molecule has 10 aromatic carbocycles. The standard InChI is InChI=1S/C60H40N2S/c1-4-17-41(18-5-1)43-31-34-47(35-32-43)61(56-37-33-45(42-19-6-2-7-20-42)40-53(56)44-21-8-3-9-22-44)57-38-36-52-51-27-12-15-30-58(51)63-60(52)59(57)46-23-16-24-48(39-46)62-54-28-13-10-25-49(54)50-26-11-14-29-55(50)62/h1-40H/i1D,2D,3D,4D,5D,6D,7D,8D,9D,10D,11D,12D,13D,14D,15D,16D,17D,18D,19D,20D,21D,22D,23D,24D,25D,26D,27D,28D,29D,30D,31D,32D,33D,34D,35D,36D,37D,38D,39D,40D. The predicted molar refractivity (Wildman–Crippen MR) is 270 cm³/mol. The highest BCUT2D eigenvalue weighted by atomic mass is 32.1. The third kappa shape index (κ3) is 6.41. The maximum Gasteiger partial charge on any atom is 0.0652 e. The molecule has 12 aromatic rings. The van der Waals surface area contributed by atoms with Gasteiger partial charge in [0.15, 0.2) is 0 Å². The van der Waals surface area contributed by atoms with Crippen LogP contribution in [0.5, 0.6) is 0 Å². The summed E-state index contributed by atoms with van der Waals surface area (Å²) in [5, 5.41) is -2.64. The molecule has 0 amide bonds. The largest absolute Gasteiger partial charge is 0.309 e. The van der Waals surface area contributed by atoms with E-state index >= 15 is 0 Å². The van der Waals surface area contributed by atoms with E-state index in [1.54, 1.807) is 0 Å². The average Bonchev–Trinajstić information content (AvgIpc) is 1.68. The molecule has 3 heteroatoms. The van der Waals surface area contributed by atoms with E-state index in [0.717, 1.165) is 0 Å². The Bertz CT molecular complexity index is 5820. The molecule has 0 unspecified atom stereocenters. The lowest BCUT2D eigenvalue weighted by Gasteiger charge is -2.31. The summed E-state index contributed by atoms with van der Waals surface area (Å²) >= 11 is 0.266. The van der Waals surface area contributed by atoms with E-state index in [0.29, 0.717) is 4.57 Å². The molecule has 296 valence electrons. The van der Waals surface area contributed by atoms with Crippen LogP contribution in [-0.2, 0) is 0 Å². The first-order valence-corrected chi connectivity index (χ1v) is 19.1. The van der Waals surface area contributed by atoms with E-state index in [-0.39, 0.29) is 16.2 Å². The second kappa shape index (κ2) is 15.5. The van der Waals surface area contributed by atoms with E-state index in [1.807, 2.05) is 0 Å². The molecule has 0 aliphatic rings. The Morgan fingerprint density at radius 2 is 0.889 bits per heavy atom. The van der Waals surface area contributed by atoms with Gasteiger partial charge in [0.2, 0.25) is 0 Å². The third-order valence-corrected chi connectivity index (χ3v) is 10.7. The lowest BCUT2D eigenvalue weighted by atomic mass is 9.94. The average molecular weight is 861 g/mol. The maximum atomic E-state index is 10.6. The molecule has 0 fully saturated rings. The minimum absolute atomic E-state index is 0.228. The van der Waals surface area contributed by atoms with Crippen LogP contribution in [0.3, 0.4) is 0 Å². The number of para-hydroxylation sites is 2. The van der Waals surface area contributed by atoms with Crippen molar-refractivity contribution in [3.63, 3.8) is 0 Å². The van der Waals surface area contributed by atoms with Crippen molar-refractivity contribution in [1.29, 1.82) is 0 Å². The zero-order chi connectivity index (χ0) is 76.5. The van der Waals surface area contributed by atoms with Crippen LogP contribution >= 0.6 is 11.3 Å². The van der Waals surface area contributed by atoms with Gasteiger partial charge in [0.05, 0.1) is 77.2 Å². The summed E-state index contributed by atoms with van der Waals surface area (Å²) < 4.78 is 371. The molecule has 0 bridgehead atoms. The number of aromatic nitrogens is 1. The van der Waals surface area contributed by atoms with E-state index < -0.39 is 351 Å². The number of nitrogens with zero attached hydrogens (tertiary/aromatic N) is 2. The Hall–Kier alpha value is -7.98. The first kappa shape index (κ1) is 14.3. The van der Waals surface area contributed by atoms with Crippen molar-refractivity contribution in [1.82, 2.24) is 4.57 Å². The number of hydrogen-bond donors (Lipinski definition) is 0. The third-order valence-electron chi connectivity index (χ3n) is 9.55. The molecule has 0 spiro atoms. The van der Waals surface area contributed by atoms with Crippen molar-refractivity contribution in [3.8, 4) is 50.2 Å². The minimum Gasteiger partial charge on any atom is -0.309 e. The smallest absolute Gasteiger partial charge is 0.0652 e. The van der Waals surface area contributed by atoms with Crippen LogP contribution in [-0.4, -0.2) is 4.57 Å². The van der Waals surface area contributed by atoms with Gasteiger partial charge in [-0.25, -0.2) is 0 Å². The molecule has 2 aromatic heterocycles. The molecule has 0 saturated carbocycles. The predicted octanol–water partition coefficient (Wildman–Crippen LogP) is 17.3. The van der Waals surface area contributed by atoms with Gasteiger partial charge >= 0.3 is 0 Å². The summed E-state index contributed by atoms with van der Waals surface area (Å²) in [4.78, 5) is 0.228. The summed E-state index contributed by atoms with van der Waals surface area (Å²) in [6.45, 7) is 0. The number of anilines is 3. The molecule has 0 aliphatic carbocycles. The Balaban J connectivity index is 1.44. The molecule has 2 heterocycles. The molecule has 2 nitrogen and oxygen atoms in total. The van der Waals surface area contributed by atoms with Crippen LogP contribution in [0.4, 0.5) is 17.1 Å². The maximum absolute atomic E-state index is 10.6. The lowest BCUT2D eigenvalue weighted by molar-refractivity contribution is 1.18. The zero-order valence-corrected chi connectivity index (χ0v) is 32.1. The van der Waals surface area contributed by atoms with Crippen molar-refractivity contribution >= 4 is 70.4 Å². The summed E-state index contributed by atoms with van der Waals surface area (Å²) in [6, 6.07) is -47.1. The van der Waals surface area contributed by atoms with E-state index in [9.17, 15) is 26.0 Å². The summed E-state index contributed by atoms with van der Waals surface area (Å²) in [5.74, 6) is 0. The molecule has 0 saturated heterocycles. The monoisotopic (exact) mass is 861 g/mol. The van der Waals surface area contributed by atoms with Crippen LogP contribution in [0.15, 0.2) is 242 Å². The fourth-order valence-corrected chi connectivity index (χ4v) is 8.02. The number of hydrogen-bond acceptors (Lipinski definition) is 2. The minimum atomic E-state index is -1.55. The van der Waals surface area contributed by atoms with Crippen molar-refractivity contribution in [2.24, 2.45) is 0 Å². The van der Waals surface area contributed by atoms with E-state index in [4.69, 9.17) is 28.8 Å². The SMILES string of the molecule is [2H]c1c([2H])c([2H])c(-c2c([2H])c([2H])c(N(c3c([2H])c([2H])c(-c4c([2H])c([2H])c([2H])c([2H])c4[2H])c([2H])c3-c3c([2H])c([2H])c([2H])c([2H])c3[2H])c3c([2H])c([2H])c4c(sc5c([2H])c([2H])c([2H])c([2H])c54)c3-c3c([2H])c([2H])c([2H])c(-n4c5c([2H])c([2H])c([2H])c([2H])c5c5c([2H])c([2H])c([2H])c([2H])c54)c3[2H])c([2H])c2[2H])c([2H])c1[2H]. The van der Waals surface area contributed by atoms with Gasteiger partial charge in [-0.2, -0.15) is 0 Å². The number of fused-ring (bicyclic) bond motifs is 6. The molecule has 0 aliphatic heterocycles. The van der Waals surface area contributed by atoms with Gasteiger partial charge in [0.25, 0.3) is 0 Å². The quantitative estimate of drug-likeness (QED) is 0.148. The van der Waals surface area contributed by atoms with Gasteiger partial charge in [-0.05, 0) is 93.8 Å². The topological polar surface area (TPSA) is 8.17 Å². The number of rotatable bonds is 8. The second-order valence-corrected chi connectivity index (χ2v) is 14.0. The first-order chi connectivity index (χ1) is 47.9. The second-order valence-electron chi connectivity index (χ2n) is 13.0. The lowest BCUT2D eigenvalue weighted by Crippen LogP contribution is -2.13. The van der Waals surface area contributed by atoms with Crippen LogP contribution in [0, 0.1) is 0 Å². The van der Waals surface area contributed by atoms with E-state index in [1.165, 1.54) is 0 Å². The normalized spacial score (nSPS) is 20.4. The highest BCUT2D eigenvalue weighted by Gasteiger charge is 2.25. The van der Waals surface area contributed by atoms with Gasteiger partial charge in [-0.3, -0.25) is 0 Å². The van der Waals surface area contributed by atoms with Gasteiger partial charge < -0.3 is 9.47 Å². The summed E-state index contributed by atoms with van der Waals surface area (Å²) in [6.07, 6.45) is 0. The fourth-order valence-electron chi connectivity index (χ4n) is 6.90. The van der Waals surface area contributed by atoms with Crippen molar-refractivity contribution in [2.75, 3.05) is 4.90 Å². The van der Waals surface area contributed by atoms with Gasteiger partial charge in [-0.15, -0.1) is 11.3 Å². The zero-order valence-electron chi connectivity index (χ0n) is 71.3. The molecular weight excluding hydrogens is 781 g/mol. The molecule has 0 atom stereocenters. The Kier molecular flexibility index (Phi) is 3.51. The molecular formula is C60H40N2S. The highest BCUT2D eigenvalue weighted by molar-refractivity contribution is 7.26. The van der Waals surface area contributed by atoms with Gasteiger partial charge in [0, 0.05) is 53.4 Å². The highest BCUT2D eigenvalue weighted by Crippen LogP contribution is 2.51. The van der Waals surface area contributed by atoms with Crippen LogP contribution in [0.1, 0.15) is 54.8 Å². The van der Waals surface area contributed by atoms with Crippen molar-refractivity contribution < 1.29 is 54.8 Å². The Morgan fingerprint density at radius 1 is 0.365 bits per heavy atom. The number of thiophene rings is 1. The van der Waals surface area contributed by atoms with Crippen LogP contribution < -0.4 is 4.90 Å².